The highest BCUT2D eigenvalue weighted by Crippen LogP contribution is 2.25. The van der Waals surface area contributed by atoms with Crippen molar-refractivity contribution in [2.75, 3.05) is 36.1 Å². The highest BCUT2D eigenvalue weighted by molar-refractivity contribution is 6.40. The van der Waals surface area contributed by atoms with E-state index in [-0.39, 0.29) is 18.0 Å². The van der Waals surface area contributed by atoms with Gasteiger partial charge in [0.05, 0.1) is 11.9 Å². The summed E-state index contributed by atoms with van der Waals surface area (Å²) in [6.07, 6.45) is 5.06. The maximum Gasteiger partial charge on any atom is 0.328 e. The van der Waals surface area contributed by atoms with Crippen LogP contribution in [0.25, 0.3) is 0 Å². The normalized spacial score (nSPS) is 19.5. The fourth-order valence-corrected chi connectivity index (χ4v) is 3.43. The van der Waals surface area contributed by atoms with Gasteiger partial charge in [-0.25, -0.2) is 9.78 Å². The van der Waals surface area contributed by atoms with E-state index in [0.29, 0.717) is 31.9 Å². The van der Waals surface area contributed by atoms with Crippen molar-refractivity contribution in [2.45, 2.75) is 12.5 Å². The first-order valence-corrected chi connectivity index (χ1v) is 9.08. The van der Waals surface area contributed by atoms with E-state index >= 15 is 0 Å². The number of hydrogen-bond donors (Lipinski definition) is 1. The molecule has 1 amide bonds. The van der Waals surface area contributed by atoms with Crippen molar-refractivity contribution in [1.82, 2.24) is 14.9 Å². The minimum absolute atomic E-state index is 0.0907. The van der Waals surface area contributed by atoms with Crippen molar-refractivity contribution in [3.63, 3.8) is 0 Å². The molecule has 1 N–H and O–H groups in total. The summed E-state index contributed by atoms with van der Waals surface area (Å²) in [6.45, 7) is 2.33. The number of carboxylic acid groups (broad SMARTS) is 1. The molecule has 1 aromatic carbocycles. The number of hydrazone groups is 1. The Balaban J connectivity index is 1.45. The minimum Gasteiger partial charge on any atom is -0.480 e. The number of nitrogens with zero attached hydrogens (tertiary/aromatic N) is 6. The van der Waals surface area contributed by atoms with E-state index < -0.39 is 12.0 Å². The number of carbonyl (C=O) groups excluding carboxylic acids is 1. The molecule has 0 radical (unpaired) electrons. The molecule has 1 unspecified atom stereocenters. The fourth-order valence-electron chi connectivity index (χ4n) is 3.43. The summed E-state index contributed by atoms with van der Waals surface area (Å²) in [5.41, 5.74) is 0.939. The number of aromatic nitrogens is 2. The van der Waals surface area contributed by atoms with Gasteiger partial charge >= 0.3 is 5.97 Å². The van der Waals surface area contributed by atoms with Gasteiger partial charge in [0.15, 0.2) is 6.04 Å². The zero-order chi connectivity index (χ0) is 19.5. The van der Waals surface area contributed by atoms with E-state index in [1.807, 2.05) is 18.2 Å². The Kier molecular flexibility index (Phi) is 4.88. The lowest BCUT2D eigenvalue weighted by atomic mass is 10.1. The molecule has 28 heavy (non-hydrogen) atoms. The van der Waals surface area contributed by atoms with Crippen LogP contribution < -0.4 is 9.91 Å². The largest absolute Gasteiger partial charge is 0.480 e. The summed E-state index contributed by atoms with van der Waals surface area (Å²) >= 11 is 0. The van der Waals surface area contributed by atoms with Gasteiger partial charge in [-0.15, -0.1) is 0 Å². The molecule has 4 rings (SSSR count). The average molecular weight is 380 g/mol. The number of benzene rings is 1. The lowest BCUT2D eigenvalue weighted by Crippen LogP contribution is -2.50. The van der Waals surface area contributed by atoms with Crippen molar-refractivity contribution in [3.8, 4) is 0 Å². The molecule has 9 heteroatoms. The Morgan fingerprint density at radius 1 is 1.04 bits per heavy atom. The number of carboxylic acids is 1. The number of carbonyl (C=O) groups is 2. The second-order valence-corrected chi connectivity index (χ2v) is 6.63. The van der Waals surface area contributed by atoms with Crippen LogP contribution in [0.15, 0.2) is 54.0 Å². The lowest BCUT2D eigenvalue weighted by molar-refractivity contribution is -0.138. The topological polar surface area (TPSA) is 102 Å². The Hall–Kier alpha value is -3.49. The number of anilines is 2. The third kappa shape index (κ3) is 3.51. The smallest absolute Gasteiger partial charge is 0.328 e. The molecule has 2 aliphatic rings. The molecule has 144 valence electrons. The standard InChI is InChI=1S/C19H20N6O3/c26-18(24-10-8-23(9-11-24)17-13-20-6-7-21-17)15-12-16(19(27)28)25(22-15)14-4-2-1-3-5-14/h1-7,13,16H,8-12H2,(H,27,28). The van der Waals surface area contributed by atoms with Gasteiger partial charge in [-0.3, -0.25) is 14.8 Å². The summed E-state index contributed by atoms with van der Waals surface area (Å²) in [5.74, 6) is -0.416. The molecule has 1 fully saturated rings. The Morgan fingerprint density at radius 2 is 1.79 bits per heavy atom. The Bertz CT molecular complexity index is 881. The number of aliphatic carboxylic acids is 1. The molecule has 2 aliphatic heterocycles. The highest BCUT2D eigenvalue weighted by Gasteiger charge is 2.38. The quantitative estimate of drug-likeness (QED) is 0.839. The zero-order valence-electron chi connectivity index (χ0n) is 15.2. The summed E-state index contributed by atoms with van der Waals surface area (Å²) in [5, 5.41) is 15.3. The molecule has 0 bridgehead atoms. The number of hydrogen-bond acceptors (Lipinski definition) is 7. The second kappa shape index (κ2) is 7.63. The van der Waals surface area contributed by atoms with Crippen LogP contribution in [0.5, 0.6) is 0 Å². The van der Waals surface area contributed by atoms with E-state index in [2.05, 4.69) is 20.0 Å². The Labute approximate surface area is 161 Å². The van der Waals surface area contributed by atoms with E-state index in [0.717, 1.165) is 5.82 Å². The third-order valence-corrected chi connectivity index (χ3v) is 4.90. The van der Waals surface area contributed by atoms with Crippen molar-refractivity contribution in [3.05, 3.63) is 48.9 Å². The van der Waals surface area contributed by atoms with Gasteiger partial charge < -0.3 is 14.9 Å². The van der Waals surface area contributed by atoms with Gasteiger partial charge in [0.2, 0.25) is 0 Å². The van der Waals surface area contributed by atoms with Crippen molar-refractivity contribution < 1.29 is 14.7 Å². The molecule has 3 heterocycles. The van der Waals surface area contributed by atoms with Crippen LogP contribution in [-0.2, 0) is 9.59 Å². The van der Waals surface area contributed by atoms with Gasteiger partial charge in [-0.05, 0) is 12.1 Å². The van der Waals surface area contributed by atoms with E-state index in [9.17, 15) is 14.7 Å². The molecular weight excluding hydrogens is 360 g/mol. The number of piperazine rings is 1. The third-order valence-electron chi connectivity index (χ3n) is 4.90. The zero-order valence-corrected chi connectivity index (χ0v) is 15.2. The van der Waals surface area contributed by atoms with Gasteiger partial charge in [-0.2, -0.15) is 5.10 Å². The van der Waals surface area contributed by atoms with Gasteiger partial charge in [0.25, 0.3) is 5.91 Å². The van der Waals surface area contributed by atoms with Crippen LogP contribution in [0.3, 0.4) is 0 Å². The van der Waals surface area contributed by atoms with Crippen LogP contribution in [0.1, 0.15) is 6.42 Å². The molecule has 9 nitrogen and oxygen atoms in total. The first-order valence-electron chi connectivity index (χ1n) is 9.08. The van der Waals surface area contributed by atoms with Crippen LogP contribution in [0, 0.1) is 0 Å². The highest BCUT2D eigenvalue weighted by atomic mass is 16.4. The molecule has 0 saturated carbocycles. The van der Waals surface area contributed by atoms with Crippen LogP contribution in [0.2, 0.25) is 0 Å². The Morgan fingerprint density at radius 3 is 2.43 bits per heavy atom. The van der Waals surface area contributed by atoms with Crippen LogP contribution >= 0.6 is 0 Å². The van der Waals surface area contributed by atoms with Crippen LogP contribution in [0.4, 0.5) is 11.5 Å². The molecular formula is C19H20N6O3. The van der Waals surface area contributed by atoms with E-state index in [1.54, 1.807) is 35.6 Å². The summed E-state index contributed by atoms with van der Waals surface area (Å²) in [4.78, 5) is 36.7. The number of para-hydroxylation sites is 1. The second-order valence-electron chi connectivity index (χ2n) is 6.63. The van der Waals surface area contributed by atoms with E-state index in [4.69, 9.17) is 0 Å². The van der Waals surface area contributed by atoms with Gasteiger partial charge in [-0.1, -0.05) is 18.2 Å². The summed E-state index contributed by atoms with van der Waals surface area (Å²) < 4.78 is 0. The minimum atomic E-state index is -0.997. The fraction of sp³-hybridized carbons (Fsp3) is 0.316. The number of amides is 1. The monoisotopic (exact) mass is 380 g/mol. The van der Waals surface area contributed by atoms with Gasteiger partial charge in [0, 0.05) is 45.0 Å². The lowest BCUT2D eigenvalue weighted by Gasteiger charge is -2.35. The molecule has 1 atom stereocenters. The van der Waals surface area contributed by atoms with Gasteiger partial charge in [0.1, 0.15) is 11.5 Å². The predicted molar refractivity (Wildman–Crippen MR) is 103 cm³/mol. The maximum atomic E-state index is 12.9. The maximum absolute atomic E-state index is 12.9. The SMILES string of the molecule is O=C(O)C1CC(C(=O)N2CCN(c3cnccn3)CC2)=NN1c1ccccc1. The van der Waals surface area contributed by atoms with Crippen molar-refractivity contribution >= 4 is 29.1 Å². The average Bonchev–Trinajstić information content (AvgIpc) is 3.20. The summed E-state index contributed by atoms with van der Waals surface area (Å²) in [7, 11) is 0. The molecule has 0 spiro atoms. The van der Waals surface area contributed by atoms with Crippen molar-refractivity contribution in [1.29, 1.82) is 0 Å². The molecule has 1 aromatic heterocycles. The molecule has 2 aromatic rings. The van der Waals surface area contributed by atoms with E-state index in [1.165, 1.54) is 5.01 Å². The first kappa shape index (κ1) is 17.9. The number of rotatable bonds is 4. The first-order chi connectivity index (χ1) is 13.6. The van der Waals surface area contributed by atoms with Crippen molar-refractivity contribution in [2.24, 2.45) is 5.10 Å². The summed E-state index contributed by atoms with van der Waals surface area (Å²) in [6, 6.07) is 8.17. The predicted octanol–water partition coefficient (Wildman–Crippen LogP) is 0.845. The van der Waals surface area contributed by atoms with Crippen LogP contribution in [-0.4, -0.2) is 69.8 Å². The molecule has 1 saturated heterocycles. The molecule has 0 aliphatic carbocycles.